The Morgan fingerprint density at radius 1 is 0.975 bits per heavy atom. The van der Waals surface area contributed by atoms with Crippen LogP contribution in [0.5, 0.6) is 11.5 Å². The summed E-state index contributed by atoms with van der Waals surface area (Å²) in [5.41, 5.74) is 0.873. The molecule has 0 radical (unpaired) electrons. The van der Waals surface area contributed by atoms with Gasteiger partial charge in [-0.15, -0.1) is 0 Å². The predicted octanol–water partition coefficient (Wildman–Crippen LogP) is 4.50. The highest BCUT2D eigenvalue weighted by Gasteiger charge is 2.33. The molecule has 3 rings (SSSR count). The highest BCUT2D eigenvalue weighted by molar-refractivity contribution is 7.92. The summed E-state index contributed by atoms with van der Waals surface area (Å²) in [5.74, 6) is -0.179. The number of nitrogens with zero attached hydrogens (tertiary/aromatic N) is 2. The Morgan fingerprint density at radius 3 is 2.30 bits per heavy atom. The summed E-state index contributed by atoms with van der Waals surface area (Å²) < 4.78 is 39.5. The fourth-order valence-corrected chi connectivity index (χ4v) is 5.67. The van der Waals surface area contributed by atoms with Crippen LogP contribution in [0.2, 0.25) is 5.02 Å². The SMILES string of the molecule is CCCNC(=O)[C@@H](C)N(Cc1cccc(Cl)c1)C(=O)CN(c1ccccc1OC)S(=O)(=O)c1ccc(OC)cc1. The molecule has 1 atom stereocenters. The van der Waals surface area contributed by atoms with Crippen molar-refractivity contribution < 1.29 is 27.5 Å². The van der Waals surface area contributed by atoms with Gasteiger partial charge in [0.05, 0.1) is 24.8 Å². The minimum atomic E-state index is -4.25. The molecule has 0 saturated carbocycles. The maximum absolute atomic E-state index is 14.0. The maximum atomic E-state index is 14.0. The molecule has 0 aliphatic carbocycles. The molecule has 214 valence electrons. The molecule has 40 heavy (non-hydrogen) atoms. The van der Waals surface area contributed by atoms with Crippen LogP contribution in [0.25, 0.3) is 0 Å². The standard InChI is InChI=1S/C29H34ClN3O6S/c1-5-17-31-29(35)21(2)32(19-22-9-8-10-23(30)18-22)28(34)20-33(26-11-6-7-12-27(26)39-4)40(36,37)25-15-13-24(38-3)14-16-25/h6-16,18,21H,5,17,19-20H2,1-4H3,(H,31,35)/t21-/m1/s1. The fraction of sp³-hybridized carbons (Fsp3) is 0.310. The van der Waals surface area contributed by atoms with Gasteiger partial charge in [-0.3, -0.25) is 13.9 Å². The molecule has 0 heterocycles. The lowest BCUT2D eigenvalue weighted by Gasteiger charge is -2.32. The number of hydrogen-bond acceptors (Lipinski definition) is 6. The average molecular weight is 588 g/mol. The Morgan fingerprint density at radius 2 is 1.68 bits per heavy atom. The smallest absolute Gasteiger partial charge is 0.264 e. The molecule has 0 fully saturated rings. The van der Waals surface area contributed by atoms with Crippen molar-refractivity contribution in [3.05, 3.63) is 83.4 Å². The topological polar surface area (TPSA) is 105 Å². The number of carbonyl (C=O) groups excluding carboxylic acids is 2. The Bertz CT molecular complexity index is 1420. The van der Waals surface area contributed by atoms with Gasteiger partial charge in [0, 0.05) is 18.1 Å². The van der Waals surface area contributed by atoms with Crippen LogP contribution in [0.4, 0.5) is 5.69 Å². The minimum absolute atomic E-state index is 0.0397. The van der Waals surface area contributed by atoms with Crippen LogP contribution < -0.4 is 19.1 Å². The lowest BCUT2D eigenvalue weighted by Crippen LogP contribution is -2.51. The van der Waals surface area contributed by atoms with E-state index >= 15 is 0 Å². The molecule has 1 N–H and O–H groups in total. The van der Waals surface area contributed by atoms with Gasteiger partial charge in [-0.2, -0.15) is 0 Å². The molecule has 2 amide bonds. The van der Waals surface area contributed by atoms with Crippen LogP contribution in [0.15, 0.2) is 77.7 Å². The normalized spacial score (nSPS) is 11.8. The molecule has 0 aliphatic rings. The molecular weight excluding hydrogens is 554 g/mol. The van der Waals surface area contributed by atoms with Crippen LogP contribution in [-0.2, 0) is 26.2 Å². The molecule has 3 aromatic carbocycles. The summed E-state index contributed by atoms with van der Waals surface area (Å²) in [6.45, 7) is 3.44. The number of anilines is 1. The second-order valence-electron chi connectivity index (χ2n) is 8.98. The summed E-state index contributed by atoms with van der Waals surface area (Å²) in [6, 6.07) is 18.5. The summed E-state index contributed by atoms with van der Waals surface area (Å²) in [7, 11) is -1.35. The van der Waals surface area contributed by atoms with Crippen molar-refractivity contribution in [3.8, 4) is 11.5 Å². The fourth-order valence-electron chi connectivity index (χ4n) is 4.03. The molecule has 3 aromatic rings. The zero-order valence-corrected chi connectivity index (χ0v) is 24.5. The third kappa shape index (κ3) is 7.45. The van der Waals surface area contributed by atoms with E-state index in [4.69, 9.17) is 21.1 Å². The number of amides is 2. The third-order valence-electron chi connectivity index (χ3n) is 6.24. The van der Waals surface area contributed by atoms with E-state index in [1.807, 2.05) is 6.92 Å². The number of ether oxygens (including phenoxy) is 2. The van der Waals surface area contributed by atoms with Gasteiger partial charge in [0.25, 0.3) is 10.0 Å². The number of carbonyl (C=O) groups is 2. The quantitative estimate of drug-likeness (QED) is 0.316. The molecule has 0 aromatic heterocycles. The monoisotopic (exact) mass is 587 g/mol. The average Bonchev–Trinajstić information content (AvgIpc) is 2.96. The number of para-hydroxylation sites is 2. The van der Waals surface area contributed by atoms with E-state index in [0.29, 0.717) is 22.9 Å². The van der Waals surface area contributed by atoms with E-state index in [-0.39, 0.29) is 28.8 Å². The number of methoxy groups -OCH3 is 2. The molecule has 0 spiro atoms. The molecule has 0 unspecified atom stereocenters. The van der Waals surface area contributed by atoms with Crippen molar-refractivity contribution >= 4 is 39.1 Å². The van der Waals surface area contributed by atoms with E-state index in [1.54, 1.807) is 55.5 Å². The van der Waals surface area contributed by atoms with Gasteiger partial charge in [0.1, 0.15) is 24.1 Å². The summed E-state index contributed by atoms with van der Waals surface area (Å²) >= 11 is 6.17. The predicted molar refractivity (Wildman–Crippen MR) is 155 cm³/mol. The van der Waals surface area contributed by atoms with Gasteiger partial charge in [0.2, 0.25) is 11.8 Å². The van der Waals surface area contributed by atoms with Crippen molar-refractivity contribution in [3.63, 3.8) is 0 Å². The first-order chi connectivity index (χ1) is 19.1. The van der Waals surface area contributed by atoms with Gasteiger partial charge >= 0.3 is 0 Å². The van der Waals surface area contributed by atoms with Crippen LogP contribution in [-0.4, -0.2) is 58.5 Å². The zero-order valence-electron chi connectivity index (χ0n) is 23.0. The summed E-state index contributed by atoms with van der Waals surface area (Å²) in [4.78, 5) is 28.2. The Hall–Kier alpha value is -3.76. The number of nitrogens with one attached hydrogen (secondary N) is 1. The first-order valence-electron chi connectivity index (χ1n) is 12.7. The van der Waals surface area contributed by atoms with E-state index in [1.165, 1.54) is 43.4 Å². The van der Waals surface area contributed by atoms with Gasteiger partial charge in [-0.1, -0.05) is 42.8 Å². The Kier molecular flexibility index (Phi) is 10.8. The largest absolute Gasteiger partial charge is 0.497 e. The second-order valence-corrected chi connectivity index (χ2v) is 11.3. The summed E-state index contributed by atoms with van der Waals surface area (Å²) in [6.07, 6.45) is 0.725. The highest BCUT2D eigenvalue weighted by atomic mass is 35.5. The van der Waals surface area contributed by atoms with Crippen molar-refractivity contribution in [2.45, 2.75) is 37.8 Å². The van der Waals surface area contributed by atoms with Gasteiger partial charge in [-0.05, 0) is 67.4 Å². The van der Waals surface area contributed by atoms with Gasteiger partial charge in [0.15, 0.2) is 0 Å². The van der Waals surface area contributed by atoms with Crippen LogP contribution in [0.3, 0.4) is 0 Å². The molecule has 11 heteroatoms. The van der Waals surface area contributed by atoms with E-state index in [0.717, 1.165) is 10.7 Å². The molecule has 9 nitrogen and oxygen atoms in total. The second kappa shape index (κ2) is 14.0. The van der Waals surface area contributed by atoms with Gasteiger partial charge < -0.3 is 19.7 Å². The van der Waals surface area contributed by atoms with Crippen molar-refractivity contribution in [1.29, 1.82) is 0 Å². The van der Waals surface area contributed by atoms with Gasteiger partial charge in [-0.25, -0.2) is 8.42 Å². The Labute approximate surface area is 240 Å². The number of rotatable bonds is 13. The lowest BCUT2D eigenvalue weighted by molar-refractivity contribution is -0.139. The van der Waals surface area contributed by atoms with E-state index < -0.39 is 28.5 Å². The molecule has 0 bridgehead atoms. The summed E-state index contributed by atoms with van der Waals surface area (Å²) in [5, 5.41) is 3.29. The van der Waals surface area contributed by atoms with Crippen LogP contribution >= 0.6 is 11.6 Å². The Balaban J connectivity index is 2.06. The van der Waals surface area contributed by atoms with E-state index in [2.05, 4.69) is 5.32 Å². The van der Waals surface area contributed by atoms with E-state index in [9.17, 15) is 18.0 Å². The molecule has 0 aliphatic heterocycles. The zero-order chi connectivity index (χ0) is 29.3. The molecule has 0 saturated heterocycles. The van der Waals surface area contributed by atoms with Crippen molar-refractivity contribution in [2.24, 2.45) is 0 Å². The maximum Gasteiger partial charge on any atom is 0.264 e. The van der Waals surface area contributed by atoms with Crippen LogP contribution in [0.1, 0.15) is 25.8 Å². The number of halogens is 1. The minimum Gasteiger partial charge on any atom is -0.497 e. The number of hydrogen-bond donors (Lipinski definition) is 1. The first kappa shape index (κ1) is 30.8. The van der Waals surface area contributed by atoms with Crippen LogP contribution in [0, 0.1) is 0 Å². The third-order valence-corrected chi connectivity index (χ3v) is 8.25. The number of benzene rings is 3. The lowest BCUT2D eigenvalue weighted by atomic mass is 10.1. The molecular formula is C29H34ClN3O6S. The first-order valence-corrected chi connectivity index (χ1v) is 14.6. The van der Waals surface area contributed by atoms with Crippen molar-refractivity contribution in [2.75, 3.05) is 31.6 Å². The highest BCUT2D eigenvalue weighted by Crippen LogP contribution is 2.33. The van der Waals surface area contributed by atoms with Crippen molar-refractivity contribution in [1.82, 2.24) is 10.2 Å². The number of sulfonamides is 1.